The van der Waals surface area contributed by atoms with Gasteiger partial charge in [0.2, 0.25) is 0 Å². The van der Waals surface area contributed by atoms with Crippen molar-refractivity contribution in [2.24, 2.45) is 28.9 Å². The van der Waals surface area contributed by atoms with Crippen molar-refractivity contribution in [3.8, 4) is 0 Å². The van der Waals surface area contributed by atoms with Crippen LogP contribution in [0.3, 0.4) is 0 Å². The molecule has 2 heteroatoms. The van der Waals surface area contributed by atoms with Gasteiger partial charge in [0.05, 0.1) is 0 Å². The second kappa shape index (κ2) is 6.02. The van der Waals surface area contributed by atoms with Crippen LogP contribution in [0.2, 0.25) is 0 Å². The Hall–Kier alpha value is -0.0800. The molecule has 1 aliphatic carbocycles. The van der Waals surface area contributed by atoms with Gasteiger partial charge >= 0.3 is 0 Å². The molecule has 0 atom stereocenters. The van der Waals surface area contributed by atoms with E-state index in [0.29, 0.717) is 5.41 Å². The van der Waals surface area contributed by atoms with Gasteiger partial charge in [-0.15, -0.1) is 0 Å². The molecule has 0 radical (unpaired) electrons. The van der Waals surface area contributed by atoms with Gasteiger partial charge in [-0.05, 0) is 49.1 Å². The fourth-order valence-corrected chi connectivity index (χ4v) is 2.88. The van der Waals surface area contributed by atoms with E-state index in [4.69, 9.17) is 5.73 Å². The Balaban J connectivity index is 2.27. The molecule has 3 N–H and O–H groups in total. The summed E-state index contributed by atoms with van der Waals surface area (Å²) >= 11 is 0. The average molecular weight is 226 g/mol. The second-order valence-electron chi connectivity index (χ2n) is 6.34. The van der Waals surface area contributed by atoms with E-state index in [-0.39, 0.29) is 0 Å². The predicted molar refractivity (Wildman–Crippen MR) is 71.4 cm³/mol. The number of hydrogen-bond donors (Lipinski definition) is 2. The standard InChI is InChI=1S/C14H30N2/c1-11(2)13(12(3)4)8-16-10-14(9-15)6-5-7-14/h11-13,16H,5-10,15H2,1-4H3. The molecule has 0 aliphatic heterocycles. The fraction of sp³-hybridized carbons (Fsp3) is 1.00. The van der Waals surface area contributed by atoms with Gasteiger partial charge in [-0.1, -0.05) is 34.1 Å². The summed E-state index contributed by atoms with van der Waals surface area (Å²) in [5.41, 5.74) is 6.31. The molecule has 1 rings (SSSR count). The second-order valence-corrected chi connectivity index (χ2v) is 6.34. The Morgan fingerprint density at radius 1 is 1.12 bits per heavy atom. The highest BCUT2D eigenvalue weighted by molar-refractivity contribution is 4.90. The van der Waals surface area contributed by atoms with Crippen molar-refractivity contribution in [1.29, 1.82) is 0 Å². The molecule has 0 aromatic rings. The highest BCUT2D eigenvalue weighted by Gasteiger charge is 2.35. The summed E-state index contributed by atoms with van der Waals surface area (Å²) in [4.78, 5) is 0. The summed E-state index contributed by atoms with van der Waals surface area (Å²) in [7, 11) is 0. The Bertz CT molecular complexity index is 181. The van der Waals surface area contributed by atoms with Crippen LogP contribution in [0, 0.1) is 23.2 Å². The molecule has 0 aromatic heterocycles. The first-order valence-corrected chi connectivity index (χ1v) is 6.91. The maximum absolute atomic E-state index is 5.87. The third kappa shape index (κ3) is 3.46. The van der Waals surface area contributed by atoms with Crippen molar-refractivity contribution in [3.05, 3.63) is 0 Å². The molecule has 0 unspecified atom stereocenters. The quantitative estimate of drug-likeness (QED) is 0.700. The zero-order valence-corrected chi connectivity index (χ0v) is 11.6. The summed E-state index contributed by atoms with van der Waals surface area (Å²) in [6, 6.07) is 0. The van der Waals surface area contributed by atoms with E-state index in [0.717, 1.165) is 37.4 Å². The van der Waals surface area contributed by atoms with Crippen LogP contribution in [0.4, 0.5) is 0 Å². The molecule has 0 spiro atoms. The van der Waals surface area contributed by atoms with Crippen molar-refractivity contribution in [2.45, 2.75) is 47.0 Å². The molecule has 96 valence electrons. The van der Waals surface area contributed by atoms with Crippen LogP contribution < -0.4 is 11.1 Å². The minimum absolute atomic E-state index is 0.443. The molecule has 1 fully saturated rings. The van der Waals surface area contributed by atoms with E-state index in [1.807, 2.05) is 0 Å². The van der Waals surface area contributed by atoms with Gasteiger partial charge in [0.1, 0.15) is 0 Å². The molecular formula is C14H30N2. The van der Waals surface area contributed by atoms with E-state index < -0.39 is 0 Å². The maximum atomic E-state index is 5.87. The zero-order valence-electron chi connectivity index (χ0n) is 11.6. The van der Waals surface area contributed by atoms with Gasteiger partial charge < -0.3 is 11.1 Å². The molecule has 2 nitrogen and oxygen atoms in total. The summed E-state index contributed by atoms with van der Waals surface area (Å²) in [5, 5.41) is 3.66. The largest absolute Gasteiger partial charge is 0.330 e. The lowest BCUT2D eigenvalue weighted by Gasteiger charge is -2.41. The summed E-state index contributed by atoms with van der Waals surface area (Å²) in [6.45, 7) is 12.4. The van der Waals surface area contributed by atoms with Crippen molar-refractivity contribution in [1.82, 2.24) is 5.32 Å². The minimum Gasteiger partial charge on any atom is -0.330 e. The van der Waals surface area contributed by atoms with Crippen molar-refractivity contribution in [3.63, 3.8) is 0 Å². The number of hydrogen-bond acceptors (Lipinski definition) is 2. The first kappa shape index (κ1) is 14.0. The van der Waals surface area contributed by atoms with Gasteiger partial charge in [-0.25, -0.2) is 0 Å². The normalized spacial score (nSPS) is 19.5. The van der Waals surface area contributed by atoms with Crippen molar-refractivity contribution < 1.29 is 0 Å². The highest BCUT2D eigenvalue weighted by atomic mass is 14.9. The number of nitrogens with one attached hydrogen (secondary N) is 1. The van der Waals surface area contributed by atoms with Gasteiger partial charge in [-0.3, -0.25) is 0 Å². The Morgan fingerprint density at radius 3 is 2.00 bits per heavy atom. The van der Waals surface area contributed by atoms with E-state index in [2.05, 4.69) is 33.0 Å². The van der Waals surface area contributed by atoms with Crippen LogP contribution in [0.25, 0.3) is 0 Å². The van der Waals surface area contributed by atoms with Crippen LogP contribution >= 0.6 is 0 Å². The van der Waals surface area contributed by atoms with Crippen LogP contribution in [-0.2, 0) is 0 Å². The monoisotopic (exact) mass is 226 g/mol. The smallest absolute Gasteiger partial charge is 0.00200 e. The third-order valence-corrected chi connectivity index (χ3v) is 4.44. The van der Waals surface area contributed by atoms with Crippen LogP contribution in [-0.4, -0.2) is 19.6 Å². The first-order chi connectivity index (χ1) is 7.51. The molecule has 1 aliphatic rings. The lowest BCUT2D eigenvalue weighted by atomic mass is 9.68. The summed E-state index contributed by atoms with van der Waals surface area (Å²) < 4.78 is 0. The predicted octanol–water partition coefficient (Wildman–Crippen LogP) is 2.63. The van der Waals surface area contributed by atoms with Crippen LogP contribution in [0.1, 0.15) is 47.0 Å². The molecule has 0 saturated heterocycles. The van der Waals surface area contributed by atoms with E-state index in [9.17, 15) is 0 Å². The lowest BCUT2D eigenvalue weighted by Crippen LogP contribution is -2.47. The van der Waals surface area contributed by atoms with Crippen molar-refractivity contribution >= 4 is 0 Å². The molecule has 16 heavy (non-hydrogen) atoms. The van der Waals surface area contributed by atoms with Gasteiger partial charge in [0.25, 0.3) is 0 Å². The van der Waals surface area contributed by atoms with Gasteiger partial charge in [0, 0.05) is 6.54 Å². The first-order valence-electron chi connectivity index (χ1n) is 6.91. The molecule has 0 bridgehead atoms. The van der Waals surface area contributed by atoms with E-state index in [1.165, 1.54) is 19.3 Å². The molecular weight excluding hydrogens is 196 g/mol. The summed E-state index contributed by atoms with van der Waals surface area (Å²) in [6.07, 6.45) is 4.02. The SMILES string of the molecule is CC(C)C(CNCC1(CN)CCC1)C(C)C. The Labute approximate surface area is 101 Å². The molecule has 0 amide bonds. The minimum atomic E-state index is 0.443. The maximum Gasteiger partial charge on any atom is 0.00200 e. The van der Waals surface area contributed by atoms with Gasteiger partial charge in [0.15, 0.2) is 0 Å². The highest BCUT2D eigenvalue weighted by Crippen LogP contribution is 2.39. The number of rotatable bonds is 7. The van der Waals surface area contributed by atoms with Crippen molar-refractivity contribution in [2.75, 3.05) is 19.6 Å². The molecule has 0 heterocycles. The molecule has 0 aromatic carbocycles. The third-order valence-electron chi connectivity index (χ3n) is 4.44. The molecule has 1 saturated carbocycles. The van der Waals surface area contributed by atoms with Crippen LogP contribution in [0.15, 0.2) is 0 Å². The number of nitrogens with two attached hydrogens (primary N) is 1. The average Bonchev–Trinajstić information content (AvgIpc) is 2.14. The summed E-state index contributed by atoms with van der Waals surface area (Å²) in [5.74, 6) is 2.32. The van der Waals surface area contributed by atoms with Crippen LogP contribution in [0.5, 0.6) is 0 Å². The topological polar surface area (TPSA) is 38.0 Å². The van der Waals surface area contributed by atoms with E-state index >= 15 is 0 Å². The van der Waals surface area contributed by atoms with E-state index in [1.54, 1.807) is 0 Å². The fourth-order valence-electron chi connectivity index (χ4n) is 2.88. The Morgan fingerprint density at radius 2 is 1.69 bits per heavy atom. The zero-order chi connectivity index (χ0) is 12.2. The lowest BCUT2D eigenvalue weighted by molar-refractivity contribution is 0.134. The Kier molecular flexibility index (Phi) is 5.26. The van der Waals surface area contributed by atoms with Gasteiger partial charge in [-0.2, -0.15) is 0 Å².